The summed E-state index contributed by atoms with van der Waals surface area (Å²) in [6.07, 6.45) is 1.38. The van der Waals surface area contributed by atoms with Gasteiger partial charge in [-0.05, 0) is 42.8 Å². The molecule has 2 aromatic rings. The van der Waals surface area contributed by atoms with Gasteiger partial charge in [-0.25, -0.2) is 8.42 Å². The summed E-state index contributed by atoms with van der Waals surface area (Å²) in [7, 11) is -0.632. The van der Waals surface area contributed by atoms with Crippen molar-refractivity contribution in [3.63, 3.8) is 0 Å². The van der Waals surface area contributed by atoms with Gasteiger partial charge in [-0.1, -0.05) is 13.0 Å². The van der Waals surface area contributed by atoms with Gasteiger partial charge in [0, 0.05) is 11.8 Å². The maximum Gasteiger partial charge on any atom is 0.248 e. The van der Waals surface area contributed by atoms with Crippen molar-refractivity contribution in [1.29, 1.82) is 0 Å². The van der Waals surface area contributed by atoms with Crippen molar-refractivity contribution >= 4 is 27.3 Å². The Morgan fingerprint density at radius 3 is 2.22 bits per heavy atom. The van der Waals surface area contributed by atoms with Crippen LogP contribution in [0.25, 0.3) is 0 Å². The summed E-state index contributed by atoms with van der Waals surface area (Å²) < 4.78 is 36.3. The molecule has 2 aromatic carbocycles. The fraction of sp³-hybridized carbons (Fsp3) is 0.316. The molecular weight excluding hydrogens is 368 g/mol. The monoisotopic (exact) mass is 392 g/mol. The maximum atomic E-state index is 12.8. The van der Waals surface area contributed by atoms with Crippen molar-refractivity contribution in [3.05, 3.63) is 48.5 Å². The first-order valence-corrected chi connectivity index (χ1v) is 10.2. The van der Waals surface area contributed by atoms with E-state index in [-0.39, 0.29) is 0 Å². The Morgan fingerprint density at radius 2 is 1.70 bits per heavy atom. The third kappa shape index (κ3) is 5.13. The minimum absolute atomic E-state index is 0.300. The molecule has 0 heterocycles. The van der Waals surface area contributed by atoms with E-state index in [9.17, 15) is 13.2 Å². The second-order valence-corrected chi connectivity index (χ2v) is 7.76. The highest BCUT2D eigenvalue weighted by Gasteiger charge is 2.31. The number of carbonyl (C=O) groups is 1. The van der Waals surface area contributed by atoms with Gasteiger partial charge in [0.1, 0.15) is 17.5 Å². The summed E-state index contributed by atoms with van der Waals surface area (Å²) in [6, 6.07) is 12.5. The molecule has 1 N–H and O–H groups in total. The third-order valence-electron chi connectivity index (χ3n) is 3.99. The molecular formula is C19H24N2O5S. The van der Waals surface area contributed by atoms with Crippen LogP contribution in [0.4, 0.5) is 11.4 Å². The van der Waals surface area contributed by atoms with E-state index in [1.807, 2.05) is 0 Å². The number of nitrogens with one attached hydrogen (secondary N) is 1. The number of hydrogen-bond donors (Lipinski definition) is 1. The highest BCUT2D eigenvalue weighted by molar-refractivity contribution is 7.92. The van der Waals surface area contributed by atoms with Gasteiger partial charge in [-0.3, -0.25) is 9.10 Å². The second kappa shape index (κ2) is 8.77. The molecule has 1 unspecified atom stereocenters. The molecule has 2 rings (SSSR count). The first-order chi connectivity index (χ1) is 12.8. The molecule has 0 aliphatic rings. The number of anilines is 2. The molecule has 7 nitrogen and oxygen atoms in total. The number of hydrogen-bond acceptors (Lipinski definition) is 5. The lowest BCUT2D eigenvalue weighted by Crippen LogP contribution is -2.46. The van der Waals surface area contributed by atoms with Gasteiger partial charge in [0.25, 0.3) is 0 Å². The lowest BCUT2D eigenvalue weighted by atomic mass is 10.1. The van der Waals surface area contributed by atoms with Crippen LogP contribution in [0.15, 0.2) is 48.5 Å². The average Bonchev–Trinajstić information content (AvgIpc) is 2.65. The highest BCUT2D eigenvalue weighted by Crippen LogP contribution is 2.26. The minimum Gasteiger partial charge on any atom is -0.497 e. The zero-order valence-electron chi connectivity index (χ0n) is 15.8. The smallest absolute Gasteiger partial charge is 0.248 e. The lowest BCUT2D eigenvalue weighted by Gasteiger charge is -2.30. The average molecular weight is 392 g/mol. The van der Waals surface area contributed by atoms with Crippen LogP contribution in [0.1, 0.15) is 13.3 Å². The molecule has 146 valence electrons. The van der Waals surface area contributed by atoms with Gasteiger partial charge in [0.2, 0.25) is 15.9 Å². The third-order valence-corrected chi connectivity index (χ3v) is 5.17. The van der Waals surface area contributed by atoms with Gasteiger partial charge in [-0.15, -0.1) is 0 Å². The first-order valence-electron chi connectivity index (χ1n) is 8.38. The number of amides is 1. The molecule has 0 saturated heterocycles. The van der Waals surface area contributed by atoms with E-state index in [1.54, 1.807) is 55.5 Å². The summed E-state index contributed by atoms with van der Waals surface area (Å²) in [4.78, 5) is 12.8. The number of ether oxygens (including phenoxy) is 2. The summed E-state index contributed by atoms with van der Waals surface area (Å²) in [6.45, 7) is 1.76. The topological polar surface area (TPSA) is 84.9 Å². The van der Waals surface area contributed by atoms with Gasteiger partial charge in [0.05, 0.1) is 26.2 Å². The van der Waals surface area contributed by atoms with Crippen molar-refractivity contribution in [3.8, 4) is 11.5 Å². The Morgan fingerprint density at radius 1 is 1.07 bits per heavy atom. The van der Waals surface area contributed by atoms with E-state index in [4.69, 9.17) is 9.47 Å². The molecule has 8 heteroatoms. The van der Waals surface area contributed by atoms with Crippen molar-refractivity contribution < 1.29 is 22.7 Å². The Kier molecular flexibility index (Phi) is 6.68. The quantitative estimate of drug-likeness (QED) is 0.747. The molecule has 27 heavy (non-hydrogen) atoms. The molecule has 0 radical (unpaired) electrons. The molecule has 1 amide bonds. The Balaban J connectivity index is 2.34. The molecule has 0 bridgehead atoms. The number of benzene rings is 2. The molecule has 0 spiro atoms. The van der Waals surface area contributed by atoms with Crippen LogP contribution in [0.5, 0.6) is 11.5 Å². The van der Waals surface area contributed by atoms with Crippen LogP contribution in [0.2, 0.25) is 0 Å². The van der Waals surface area contributed by atoms with Crippen LogP contribution in [0, 0.1) is 0 Å². The van der Waals surface area contributed by atoms with E-state index in [1.165, 1.54) is 14.2 Å². The number of carbonyl (C=O) groups excluding carboxylic acids is 1. The van der Waals surface area contributed by atoms with Crippen LogP contribution in [0.3, 0.4) is 0 Å². The van der Waals surface area contributed by atoms with Gasteiger partial charge >= 0.3 is 0 Å². The van der Waals surface area contributed by atoms with Crippen molar-refractivity contribution in [2.45, 2.75) is 19.4 Å². The number of methoxy groups -OCH3 is 2. The van der Waals surface area contributed by atoms with Crippen LogP contribution in [-0.2, 0) is 14.8 Å². The van der Waals surface area contributed by atoms with Gasteiger partial charge < -0.3 is 14.8 Å². The maximum absolute atomic E-state index is 12.8. The predicted molar refractivity (Wildman–Crippen MR) is 106 cm³/mol. The molecule has 0 aromatic heterocycles. The Bertz CT molecular complexity index is 881. The Hall–Kier alpha value is -2.74. The standard InChI is InChI=1S/C19H24N2O5S/c1-5-18(19(22)20-14-7-6-8-17(13-14)26-3)21(27(4,23)24)15-9-11-16(25-2)12-10-15/h6-13,18H,5H2,1-4H3,(H,20,22). The summed E-state index contributed by atoms with van der Waals surface area (Å²) in [5.41, 5.74) is 0.923. The second-order valence-electron chi connectivity index (χ2n) is 5.90. The normalized spacial score (nSPS) is 12.1. The molecule has 0 aliphatic carbocycles. The summed E-state index contributed by atoms with van der Waals surface area (Å²) in [5, 5.41) is 2.76. The van der Waals surface area contributed by atoms with Crippen molar-refractivity contribution in [2.75, 3.05) is 30.1 Å². The van der Waals surface area contributed by atoms with Crippen molar-refractivity contribution in [1.82, 2.24) is 0 Å². The van der Waals surface area contributed by atoms with Crippen molar-refractivity contribution in [2.24, 2.45) is 0 Å². The minimum atomic E-state index is -3.69. The Labute approximate surface area is 160 Å². The lowest BCUT2D eigenvalue weighted by molar-refractivity contribution is -0.117. The van der Waals surface area contributed by atoms with E-state index in [0.717, 1.165) is 10.6 Å². The molecule has 0 saturated carbocycles. The fourth-order valence-corrected chi connectivity index (χ4v) is 3.93. The number of nitrogens with zero attached hydrogens (tertiary/aromatic N) is 1. The van der Waals surface area contributed by atoms with E-state index >= 15 is 0 Å². The molecule has 0 aliphatic heterocycles. The van der Waals surface area contributed by atoms with Crippen LogP contribution in [-0.4, -0.2) is 40.8 Å². The van der Waals surface area contributed by atoms with E-state index < -0.39 is 22.0 Å². The summed E-state index contributed by atoms with van der Waals surface area (Å²) in [5.74, 6) is 0.768. The molecule has 1 atom stereocenters. The zero-order valence-corrected chi connectivity index (χ0v) is 16.6. The number of rotatable bonds is 8. The molecule has 0 fully saturated rings. The SMILES string of the molecule is CCC(C(=O)Nc1cccc(OC)c1)N(c1ccc(OC)cc1)S(C)(=O)=O. The number of sulfonamides is 1. The van der Waals surface area contributed by atoms with E-state index in [2.05, 4.69) is 5.32 Å². The summed E-state index contributed by atoms with van der Waals surface area (Å²) >= 11 is 0. The van der Waals surface area contributed by atoms with Crippen LogP contribution < -0.4 is 19.1 Å². The highest BCUT2D eigenvalue weighted by atomic mass is 32.2. The fourth-order valence-electron chi connectivity index (χ4n) is 2.72. The van der Waals surface area contributed by atoms with Gasteiger partial charge in [-0.2, -0.15) is 0 Å². The first kappa shape index (κ1) is 20.6. The zero-order chi connectivity index (χ0) is 20.0. The van der Waals surface area contributed by atoms with Crippen LogP contribution >= 0.6 is 0 Å². The predicted octanol–water partition coefficient (Wildman–Crippen LogP) is 2.89. The largest absolute Gasteiger partial charge is 0.497 e. The van der Waals surface area contributed by atoms with Gasteiger partial charge in [0.15, 0.2) is 0 Å². The van der Waals surface area contributed by atoms with E-state index in [0.29, 0.717) is 29.3 Å².